The molecule has 0 saturated carbocycles. The standard InChI is InChI=1S/C26H20ClF3N4O3/c1-16(8-21(24(35)32-2)18-6-4-3-5-7-18)13-34-15-33-23(26(29,30)14-28)22(25(34)36)37-20-10-17(12-31)9-19(27)11-20/h3-11,15H,1,13-14H2,2H3,(H,32,35)/b21-8-. The van der Waals surface area contributed by atoms with Crippen LogP contribution in [0, 0.1) is 11.3 Å². The summed E-state index contributed by atoms with van der Waals surface area (Å²) in [6.45, 7) is 1.48. The van der Waals surface area contributed by atoms with E-state index in [1.807, 2.05) is 6.07 Å². The number of amides is 1. The highest BCUT2D eigenvalue weighted by molar-refractivity contribution is 6.30. The minimum Gasteiger partial charge on any atom is -0.449 e. The van der Waals surface area contributed by atoms with Crippen molar-refractivity contribution in [2.24, 2.45) is 0 Å². The number of carbonyl (C=O) groups excluding carboxylic acids is 1. The van der Waals surface area contributed by atoms with Crippen LogP contribution in [0.2, 0.25) is 5.02 Å². The van der Waals surface area contributed by atoms with Crippen LogP contribution in [0.1, 0.15) is 16.8 Å². The van der Waals surface area contributed by atoms with Crippen molar-refractivity contribution in [3.63, 3.8) is 0 Å². The molecule has 7 nitrogen and oxygen atoms in total. The predicted molar refractivity (Wildman–Crippen MR) is 132 cm³/mol. The quantitative estimate of drug-likeness (QED) is 0.311. The number of rotatable bonds is 9. The Balaban J connectivity index is 2.05. The summed E-state index contributed by atoms with van der Waals surface area (Å²) < 4.78 is 48.1. The number of hydrogen-bond donors (Lipinski definition) is 1. The first-order chi connectivity index (χ1) is 17.6. The van der Waals surface area contributed by atoms with Gasteiger partial charge in [-0.05, 0) is 35.4 Å². The largest absolute Gasteiger partial charge is 0.449 e. The van der Waals surface area contributed by atoms with Crippen molar-refractivity contribution in [3.05, 3.63) is 105 Å². The molecule has 0 unspecified atom stereocenters. The number of ether oxygens (including phenoxy) is 1. The third kappa shape index (κ3) is 6.45. The van der Waals surface area contributed by atoms with Gasteiger partial charge >= 0.3 is 5.92 Å². The van der Waals surface area contributed by atoms with E-state index < -0.39 is 35.5 Å². The number of nitriles is 1. The average Bonchev–Trinajstić information content (AvgIpc) is 2.89. The summed E-state index contributed by atoms with van der Waals surface area (Å²) in [4.78, 5) is 29.2. The van der Waals surface area contributed by atoms with Crippen molar-refractivity contribution in [2.45, 2.75) is 12.5 Å². The van der Waals surface area contributed by atoms with E-state index in [1.165, 1.54) is 31.3 Å². The maximum absolute atomic E-state index is 14.3. The van der Waals surface area contributed by atoms with Gasteiger partial charge in [0.05, 0.1) is 24.5 Å². The van der Waals surface area contributed by atoms with Crippen LogP contribution in [-0.4, -0.2) is 29.2 Å². The molecule has 37 heavy (non-hydrogen) atoms. The molecule has 1 amide bonds. The summed E-state index contributed by atoms with van der Waals surface area (Å²) >= 11 is 5.94. The topological polar surface area (TPSA) is 97.0 Å². The zero-order valence-corrected chi connectivity index (χ0v) is 20.2. The van der Waals surface area contributed by atoms with Gasteiger partial charge in [0.15, 0.2) is 12.4 Å². The number of carbonyl (C=O) groups is 1. The Kier molecular flexibility index (Phi) is 8.52. The number of benzene rings is 2. The van der Waals surface area contributed by atoms with Gasteiger partial charge in [0.25, 0.3) is 11.5 Å². The molecule has 0 saturated heterocycles. The summed E-state index contributed by atoms with van der Waals surface area (Å²) in [5.41, 5.74) is -1.12. The molecule has 11 heteroatoms. The van der Waals surface area contributed by atoms with Crippen molar-refractivity contribution >= 4 is 23.1 Å². The summed E-state index contributed by atoms with van der Waals surface area (Å²) in [5, 5.41) is 11.7. The number of likely N-dealkylation sites (N-methyl/N-ethyl adjacent to an activating group) is 1. The third-order valence-corrected chi connectivity index (χ3v) is 5.23. The van der Waals surface area contributed by atoms with E-state index in [4.69, 9.17) is 21.6 Å². The molecule has 0 aliphatic rings. The van der Waals surface area contributed by atoms with Gasteiger partial charge in [0, 0.05) is 17.6 Å². The van der Waals surface area contributed by atoms with Gasteiger partial charge < -0.3 is 10.1 Å². The normalized spacial score (nSPS) is 11.5. The van der Waals surface area contributed by atoms with E-state index in [-0.39, 0.29) is 34.0 Å². The highest BCUT2D eigenvalue weighted by atomic mass is 35.5. The van der Waals surface area contributed by atoms with Crippen LogP contribution in [0.4, 0.5) is 13.2 Å². The van der Waals surface area contributed by atoms with Crippen LogP contribution < -0.4 is 15.6 Å². The molecule has 1 heterocycles. The van der Waals surface area contributed by atoms with Crippen molar-refractivity contribution < 1.29 is 22.7 Å². The lowest BCUT2D eigenvalue weighted by Crippen LogP contribution is -2.29. The number of nitrogens with zero attached hydrogens (tertiary/aromatic N) is 3. The van der Waals surface area contributed by atoms with E-state index in [2.05, 4.69) is 16.9 Å². The fourth-order valence-corrected chi connectivity index (χ4v) is 3.53. The lowest BCUT2D eigenvalue weighted by Gasteiger charge is -2.18. The van der Waals surface area contributed by atoms with Gasteiger partial charge in [-0.1, -0.05) is 48.5 Å². The molecule has 0 aliphatic carbocycles. The summed E-state index contributed by atoms with van der Waals surface area (Å²) in [6.07, 6.45) is 2.26. The first kappa shape index (κ1) is 27.2. The van der Waals surface area contributed by atoms with Gasteiger partial charge in [-0.25, -0.2) is 9.37 Å². The van der Waals surface area contributed by atoms with E-state index in [1.54, 1.807) is 30.3 Å². The van der Waals surface area contributed by atoms with E-state index in [9.17, 15) is 22.8 Å². The van der Waals surface area contributed by atoms with Gasteiger partial charge in [-0.2, -0.15) is 14.0 Å². The molecule has 0 bridgehead atoms. The Morgan fingerprint density at radius 2 is 2.00 bits per heavy atom. The zero-order chi connectivity index (χ0) is 27.2. The molecule has 0 aliphatic heterocycles. The van der Waals surface area contributed by atoms with E-state index >= 15 is 0 Å². The highest BCUT2D eigenvalue weighted by Gasteiger charge is 2.39. The summed E-state index contributed by atoms with van der Waals surface area (Å²) in [7, 11) is 1.46. The first-order valence-corrected chi connectivity index (χ1v) is 11.1. The number of nitrogens with one attached hydrogen (secondary N) is 1. The van der Waals surface area contributed by atoms with E-state index in [0.717, 1.165) is 10.9 Å². The zero-order valence-electron chi connectivity index (χ0n) is 19.5. The number of halogens is 4. The molecule has 3 rings (SSSR count). The molecule has 190 valence electrons. The number of aromatic nitrogens is 2. The summed E-state index contributed by atoms with van der Waals surface area (Å²) in [5.74, 6) is -5.67. The lowest BCUT2D eigenvalue weighted by molar-refractivity contribution is -0.115. The molecular formula is C26H20ClF3N4O3. The third-order valence-electron chi connectivity index (χ3n) is 5.01. The molecule has 2 aromatic carbocycles. The van der Waals surface area contributed by atoms with Crippen molar-refractivity contribution in [3.8, 4) is 17.6 Å². The smallest absolute Gasteiger partial charge is 0.321 e. The van der Waals surface area contributed by atoms with Gasteiger partial charge in [0.1, 0.15) is 5.75 Å². The van der Waals surface area contributed by atoms with Crippen LogP contribution >= 0.6 is 11.6 Å². The number of allylic oxidation sites excluding steroid dienone is 2. The second-order valence-electron chi connectivity index (χ2n) is 7.74. The van der Waals surface area contributed by atoms with Crippen LogP contribution in [0.3, 0.4) is 0 Å². The Morgan fingerprint density at radius 1 is 1.30 bits per heavy atom. The molecule has 3 aromatic rings. The van der Waals surface area contributed by atoms with E-state index in [0.29, 0.717) is 5.56 Å². The van der Waals surface area contributed by atoms with Crippen molar-refractivity contribution in [1.82, 2.24) is 14.9 Å². The lowest BCUT2D eigenvalue weighted by atomic mass is 10.0. The SMILES string of the molecule is C=C(/C=C(\C(=O)NC)c1ccccc1)Cn1cnc(C(F)(F)CF)c(Oc2cc(Cl)cc(C#N)c2)c1=O. The molecule has 1 N–H and O–H groups in total. The molecule has 0 fully saturated rings. The Hall–Kier alpha value is -4.36. The Labute approximate surface area is 215 Å². The minimum atomic E-state index is -4.12. The highest BCUT2D eigenvalue weighted by Crippen LogP contribution is 2.34. The van der Waals surface area contributed by atoms with Crippen LogP contribution in [-0.2, 0) is 17.3 Å². The van der Waals surface area contributed by atoms with Crippen LogP contribution in [0.5, 0.6) is 11.5 Å². The van der Waals surface area contributed by atoms with Crippen molar-refractivity contribution in [1.29, 1.82) is 5.26 Å². The minimum absolute atomic E-state index is 0.0478. The summed E-state index contributed by atoms with van der Waals surface area (Å²) in [6, 6.07) is 14.2. The maximum Gasteiger partial charge on any atom is 0.321 e. The molecule has 0 atom stereocenters. The second-order valence-corrected chi connectivity index (χ2v) is 8.18. The van der Waals surface area contributed by atoms with Crippen LogP contribution in [0.15, 0.2) is 77.9 Å². The maximum atomic E-state index is 14.3. The fourth-order valence-electron chi connectivity index (χ4n) is 3.30. The number of alkyl halides is 3. The number of hydrogen-bond acceptors (Lipinski definition) is 5. The Morgan fingerprint density at radius 3 is 2.62 bits per heavy atom. The van der Waals surface area contributed by atoms with Gasteiger partial charge in [-0.3, -0.25) is 14.2 Å². The molecular weight excluding hydrogens is 509 g/mol. The molecule has 0 spiro atoms. The second kappa shape index (κ2) is 11.6. The predicted octanol–water partition coefficient (Wildman–Crippen LogP) is 5.01. The molecule has 1 aromatic heterocycles. The van der Waals surface area contributed by atoms with Crippen molar-refractivity contribution in [2.75, 3.05) is 13.7 Å². The Bertz CT molecular complexity index is 1460. The van der Waals surface area contributed by atoms with Crippen LogP contribution in [0.25, 0.3) is 5.57 Å². The van der Waals surface area contributed by atoms with Gasteiger partial charge in [0.2, 0.25) is 5.75 Å². The molecule has 0 radical (unpaired) electrons. The average molecular weight is 529 g/mol. The fraction of sp³-hybridized carbons (Fsp3) is 0.154. The first-order valence-electron chi connectivity index (χ1n) is 10.7. The monoisotopic (exact) mass is 528 g/mol. The van der Waals surface area contributed by atoms with Gasteiger partial charge in [-0.15, -0.1) is 0 Å².